The van der Waals surface area contributed by atoms with Crippen molar-refractivity contribution in [3.63, 3.8) is 0 Å². The maximum atomic E-state index is 13.2. The summed E-state index contributed by atoms with van der Waals surface area (Å²) in [6, 6.07) is 6.06. The largest absolute Gasteiger partial charge is 0.417 e. The van der Waals surface area contributed by atoms with Gasteiger partial charge in [-0.15, -0.1) is 0 Å². The van der Waals surface area contributed by atoms with Gasteiger partial charge in [-0.1, -0.05) is 17.7 Å². The van der Waals surface area contributed by atoms with Gasteiger partial charge >= 0.3 is 6.18 Å². The number of halogens is 4. The smallest absolute Gasteiger partial charge is 0.315 e. The van der Waals surface area contributed by atoms with Crippen LogP contribution in [-0.4, -0.2) is 31.1 Å². The summed E-state index contributed by atoms with van der Waals surface area (Å²) in [7, 11) is 0. The molecule has 24 heavy (non-hydrogen) atoms. The molecular weight excluding hydrogens is 357 g/mol. The fourth-order valence-electron chi connectivity index (χ4n) is 3.10. The van der Waals surface area contributed by atoms with Gasteiger partial charge in [0.05, 0.1) is 16.6 Å². The maximum absolute atomic E-state index is 13.2. The molecule has 7 heteroatoms. The Morgan fingerprint density at radius 2 is 1.96 bits per heavy atom. The van der Waals surface area contributed by atoms with Crippen molar-refractivity contribution >= 4 is 22.9 Å². The van der Waals surface area contributed by atoms with Crippen LogP contribution >= 0.6 is 22.9 Å². The topological polar surface area (TPSA) is 15.3 Å². The van der Waals surface area contributed by atoms with E-state index in [4.69, 9.17) is 11.6 Å². The van der Waals surface area contributed by atoms with Gasteiger partial charge in [-0.25, -0.2) is 0 Å². The Kier molecular flexibility index (Phi) is 5.49. The molecule has 0 amide bonds. The number of thiophene rings is 1. The van der Waals surface area contributed by atoms with Crippen molar-refractivity contribution in [2.75, 3.05) is 26.2 Å². The van der Waals surface area contributed by atoms with E-state index in [-0.39, 0.29) is 11.1 Å². The molecule has 0 radical (unpaired) electrons. The Hall–Kier alpha value is -1.08. The standard InChI is InChI=1S/C17H18ClF3N2S/c18-15-3-2-12(10-14(15)17(19,20)21)16(13-4-9-24-11-13)23-7-1-5-22-6-8-23/h2-4,9-11,16,22H,1,5-8H2. The SMILES string of the molecule is FC(F)(F)c1cc(C(c2ccsc2)N2CCCNCC2)ccc1Cl. The van der Waals surface area contributed by atoms with Crippen LogP contribution in [0.25, 0.3) is 0 Å². The van der Waals surface area contributed by atoms with E-state index in [1.165, 1.54) is 12.1 Å². The summed E-state index contributed by atoms with van der Waals surface area (Å²) in [5, 5.41) is 7.04. The molecule has 2 aromatic rings. The molecular formula is C17H18ClF3N2S. The first-order chi connectivity index (χ1) is 11.5. The second kappa shape index (κ2) is 7.44. The third-order valence-corrected chi connectivity index (χ3v) is 5.24. The van der Waals surface area contributed by atoms with Crippen LogP contribution in [0.5, 0.6) is 0 Å². The van der Waals surface area contributed by atoms with E-state index in [9.17, 15) is 13.2 Å². The van der Waals surface area contributed by atoms with Crippen molar-refractivity contribution in [3.8, 4) is 0 Å². The first-order valence-electron chi connectivity index (χ1n) is 7.80. The van der Waals surface area contributed by atoms with Gasteiger partial charge in [-0.05, 0) is 53.1 Å². The summed E-state index contributed by atoms with van der Waals surface area (Å²) in [5.74, 6) is 0. The molecule has 2 heterocycles. The van der Waals surface area contributed by atoms with Crippen LogP contribution < -0.4 is 5.32 Å². The lowest BCUT2D eigenvalue weighted by atomic mass is 9.97. The molecule has 1 aromatic carbocycles. The molecule has 2 nitrogen and oxygen atoms in total. The third kappa shape index (κ3) is 3.94. The van der Waals surface area contributed by atoms with Crippen molar-refractivity contribution in [2.45, 2.75) is 18.6 Å². The minimum Gasteiger partial charge on any atom is -0.315 e. The molecule has 1 aliphatic rings. The lowest BCUT2D eigenvalue weighted by Crippen LogP contribution is -2.33. The van der Waals surface area contributed by atoms with Gasteiger partial charge in [0.25, 0.3) is 0 Å². The van der Waals surface area contributed by atoms with Crippen molar-refractivity contribution < 1.29 is 13.2 Å². The molecule has 1 fully saturated rings. The molecule has 1 unspecified atom stereocenters. The normalized spacial score (nSPS) is 18.3. The molecule has 3 rings (SSSR count). The summed E-state index contributed by atoms with van der Waals surface area (Å²) in [6.45, 7) is 3.41. The van der Waals surface area contributed by atoms with E-state index in [1.807, 2.05) is 16.8 Å². The summed E-state index contributed by atoms with van der Waals surface area (Å²) < 4.78 is 39.7. The number of hydrogen-bond acceptors (Lipinski definition) is 3. The lowest BCUT2D eigenvalue weighted by Gasteiger charge is -2.31. The Balaban J connectivity index is 2.02. The van der Waals surface area contributed by atoms with Gasteiger partial charge in [0.2, 0.25) is 0 Å². The highest BCUT2D eigenvalue weighted by molar-refractivity contribution is 7.08. The fraction of sp³-hybridized carbons (Fsp3) is 0.412. The number of nitrogens with one attached hydrogen (secondary N) is 1. The van der Waals surface area contributed by atoms with Crippen LogP contribution in [0.15, 0.2) is 35.0 Å². The summed E-state index contributed by atoms with van der Waals surface area (Å²) >= 11 is 7.33. The highest BCUT2D eigenvalue weighted by atomic mass is 35.5. The first-order valence-corrected chi connectivity index (χ1v) is 9.12. The molecule has 1 aromatic heterocycles. The van der Waals surface area contributed by atoms with E-state index in [0.717, 1.165) is 38.2 Å². The zero-order chi connectivity index (χ0) is 17.2. The maximum Gasteiger partial charge on any atom is 0.417 e. The van der Waals surface area contributed by atoms with Crippen molar-refractivity contribution in [2.24, 2.45) is 0 Å². The van der Waals surface area contributed by atoms with Gasteiger partial charge < -0.3 is 5.32 Å². The van der Waals surface area contributed by atoms with E-state index >= 15 is 0 Å². The van der Waals surface area contributed by atoms with Gasteiger partial charge in [0, 0.05) is 19.6 Å². The average Bonchev–Trinajstić information content (AvgIpc) is 2.91. The fourth-order valence-corrected chi connectivity index (χ4v) is 4.00. The van der Waals surface area contributed by atoms with Gasteiger partial charge in [-0.3, -0.25) is 4.90 Å². The van der Waals surface area contributed by atoms with E-state index < -0.39 is 11.7 Å². The van der Waals surface area contributed by atoms with Crippen molar-refractivity contribution in [1.29, 1.82) is 0 Å². The summed E-state index contributed by atoms with van der Waals surface area (Å²) in [6.07, 6.45) is -3.48. The predicted molar refractivity (Wildman–Crippen MR) is 91.7 cm³/mol. The molecule has 130 valence electrons. The van der Waals surface area contributed by atoms with Crippen LogP contribution in [0.3, 0.4) is 0 Å². The quantitative estimate of drug-likeness (QED) is 0.829. The Bertz CT molecular complexity index is 665. The first kappa shape index (κ1) is 17.7. The van der Waals surface area contributed by atoms with Crippen molar-refractivity contribution in [1.82, 2.24) is 10.2 Å². The molecule has 0 aliphatic carbocycles. The second-order valence-electron chi connectivity index (χ2n) is 5.84. The number of hydrogen-bond donors (Lipinski definition) is 1. The monoisotopic (exact) mass is 374 g/mol. The minimum absolute atomic E-state index is 0.186. The second-order valence-corrected chi connectivity index (χ2v) is 7.02. The Labute approximate surface area is 148 Å². The minimum atomic E-state index is -4.45. The average molecular weight is 375 g/mol. The zero-order valence-electron chi connectivity index (χ0n) is 12.9. The molecule has 1 saturated heterocycles. The zero-order valence-corrected chi connectivity index (χ0v) is 14.5. The van der Waals surface area contributed by atoms with Crippen LogP contribution in [0.4, 0.5) is 13.2 Å². The Morgan fingerprint density at radius 3 is 2.67 bits per heavy atom. The van der Waals surface area contributed by atoms with Crippen molar-refractivity contribution in [3.05, 3.63) is 56.7 Å². The van der Waals surface area contributed by atoms with Gasteiger partial charge in [0.15, 0.2) is 0 Å². The molecule has 1 atom stereocenters. The lowest BCUT2D eigenvalue weighted by molar-refractivity contribution is -0.137. The van der Waals surface area contributed by atoms with Crippen LogP contribution in [-0.2, 0) is 6.18 Å². The van der Waals surface area contributed by atoms with Gasteiger partial charge in [0.1, 0.15) is 0 Å². The van der Waals surface area contributed by atoms with Crippen LogP contribution in [0.1, 0.15) is 29.2 Å². The highest BCUT2D eigenvalue weighted by Crippen LogP contribution is 2.38. The summed E-state index contributed by atoms with van der Waals surface area (Å²) in [4.78, 5) is 2.24. The summed E-state index contributed by atoms with van der Waals surface area (Å²) in [5.41, 5.74) is 0.888. The number of rotatable bonds is 3. The molecule has 1 aliphatic heterocycles. The van der Waals surface area contributed by atoms with Gasteiger partial charge in [-0.2, -0.15) is 24.5 Å². The third-order valence-electron chi connectivity index (χ3n) is 4.21. The number of benzene rings is 1. The van der Waals surface area contributed by atoms with E-state index in [2.05, 4.69) is 10.2 Å². The molecule has 1 N–H and O–H groups in total. The number of nitrogens with zero attached hydrogens (tertiary/aromatic N) is 1. The van der Waals surface area contributed by atoms with E-state index in [1.54, 1.807) is 17.4 Å². The number of alkyl halides is 3. The predicted octanol–water partition coefficient (Wildman–Crippen LogP) is 4.81. The Morgan fingerprint density at radius 1 is 1.12 bits per heavy atom. The van der Waals surface area contributed by atoms with E-state index in [0.29, 0.717) is 5.56 Å². The highest BCUT2D eigenvalue weighted by Gasteiger charge is 2.34. The van der Waals surface area contributed by atoms with Crippen LogP contribution in [0, 0.1) is 0 Å². The molecule has 0 spiro atoms. The van der Waals surface area contributed by atoms with Crippen LogP contribution in [0.2, 0.25) is 5.02 Å². The molecule has 0 saturated carbocycles. The molecule has 0 bridgehead atoms.